The Hall–Kier alpha value is -1.95. The molecule has 0 atom stereocenters. The van der Waals surface area contributed by atoms with Crippen molar-refractivity contribution in [2.45, 2.75) is 0 Å². The Labute approximate surface area is 106 Å². The molecule has 6 heteroatoms. The van der Waals surface area contributed by atoms with Gasteiger partial charge in [-0.1, -0.05) is 12.1 Å². The molecule has 1 amide bonds. The summed E-state index contributed by atoms with van der Waals surface area (Å²) in [4.78, 5) is 10.3. The number of rotatable bonds is 8. The quantitative estimate of drug-likeness (QED) is 0.669. The van der Waals surface area contributed by atoms with E-state index < -0.39 is 6.09 Å². The molecule has 0 aliphatic rings. The Morgan fingerprint density at radius 2 is 1.89 bits per heavy atom. The first-order valence-electron chi connectivity index (χ1n) is 5.63. The van der Waals surface area contributed by atoms with E-state index in [1.54, 1.807) is 7.11 Å². The van der Waals surface area contributed by atoms with Gasteiger partial charge in [-0.25, -0.2) is 4.79 Å². The third kappa shape index (κ3) is 5.40. The van der Waals surface area contributed by atoms with Crippen LogP contribution in [0.1, 0.15) is 0 Å². The van der Waals surface area contributed by atoms with Crippen LogP contribution in [0.2, 0.25) is 0 Å². The van der Waals surface area contributed by atoms with Crippen LogP contribution in [0.25, 0.3) is 0 Å². The highest BCUT2D eigenvalue weighted by molar-refractivity contribution is 5.64. The van der Waals surface area contributed by atoms with Gasteiger partial charge in [-0.15, -0.1) is 0 Å². The molecule has 100 valence electrons. The van der Waals surface area contributed by atoms with Crippen LogP contribution in [-0.2, 0) is 4.74 Å². The lowest BCUT2D eigenvalue weighted by molar-refractivity contribution is 0.156. The molecule has 6 nitrogen and oxygen atoms in total. The molecule has 0 saturated carbocycles. The Kier molecular flexibility index (Phi) is 6.42. The highest BCUT2D eigenvalue weighted by Gasteiger charge is 2.01. The maximum absolute atomic E-state index is 10.3. The average molecular weight is 254 g/mol. The number of hydrogen-bond donors (Lipinski definition) is 2. The van der Waals surface area contributed by atoms with Crippen molar-refractivity contribution >= 4 is 6.09 Å². The molecule has 0 fully saturated rings. The van der Waals surface area contributed by atoms with Gasteiger partial charge in [0.05, 0.1) is 7.11 Å². The normalized spacial score (nSPS) is 9.83. The summed E-state index contributed by atoms with van der Waals surface area (Å²) in [5.74, 6) is 1.41. The maximum atomic E-state index is 10.3. The number of ether oxygens (including phenoxy) is 3. The van der Waals surface area contributed by atoms with E-state index in [2.05, 4.69) is 10.1 Å². The van der Waals surface area contributed by atoms with Crippen LogP contribution in [0.3, 0.4) is 0 Å². The van der Waals surface area contributed by atoms with Gasteiger partial charge >= 0.3 is 6.09 Å². The van der Waals surface area contributed by atoms with Gasteiger partial charge < -0.3 is 25.3 Å². The molecule has 1 aromatic carbocycles. The lowest BCUT2D eigenvalue weighted by Crippen LogP contribution is -2.27. The van der Waals surface area contributed by atoms with E-state index >= 15 is 0 Å². The fourth-order valence-electron chi connectivity index (χ4n) is 1.32. The Morgan fingerprint density at radius 1 is 1.22 bits per heavy atom. The molecule has 0 aliphatic carbocycles. The number of nitrogens with one attached hydrogen (secondary N) is 1. The predicted octanol–water partition coefficient (Wildman–Crippen LogP) is 0.759. The van der Waals surface area contributed by atoms with Gasteiger partial charge in [0.25, 0.3) is 0 Å². The largest absolute Gasteiger partial charge is 0.493 e. The van der Waals surface area contributed by atoms with Crippen LogP contribution >= 0.6 is 0 Å². The van der Waals surface area contributed by atoms with Gasteiger partial charge in [0.15, 0.2) is 11.5 Å². The Balaban J connectivity index is 2.12. The first-order chi connectivity index (χ1) is 8.74. The number of primary amides is 1. The summed E-state index contributed by atoms with van der Waals surface area (Å²) in [5.41, 5.74) is 4.81. The maximum Gasteiger partial charge on any atom is 0.404 e. The van der Waals surface area contributed by atoms with Gasteiger partial charge in [-0.3, -0.25) is 0 Å². The van der Waals surface area contributed by atoms with Crippen molar-refractivity contribution in [2.24, 2.45) is 5.73 Å². The summed E-state index contributed by atoms with van der Waals surface area (Å²) in [6, 6.07) is 7.44. The molecule has 0 bridgehead atoms. The van der Waals surface area contributed by atoms with Crippen molar-refractivity contribution in [3.05, 3.63) is 24.3 Å². The number of hydrogen-bond acceptors (Lipinski definition) is 5. The molecule has 0 aliphatic heterocycles. The Morgan fingerprint density at radius 3 is 2.56 bits per heavy atom. The van der Waals surface area contributed by atoms with Crippen molar-refractivity contribution in [1.82, 2.24) is 5.32 Å². The molecule has 18 heavy (non-hydrogen) atoms. The zero-order valence-corrected chi connectivity index (χ0v) is 10.3. The van der Waals surface area contributed by atoms with Gasteiger partial charge in [0, 0.05) is 13.1 Å². The lowest BCUT2D eigenvalue weighted by atomic mass is 10.3. The van der Waals surface area contributed by atoms with E-state index in [0.29, 0.717) is 31.2 Å². The minimum Gasteiger partial charge on any atom is -0.493 e. The minimum absolute atomic E-state index is 0.254. The van der Waals surface area contributed by atoms with E-state index in [0.717, 1.165) is 0 Å². The molecule has 1 aromatic rings. The second-order valence-electron chi connectivity index (χ2n) is 3.42. The number of carbonyl (C=O) groups is 1. The fraction of sp³-hybridized carbons (Fsp3) is 0.417. The summed E-state index contributed by atoms with van der Waals surface area (Å²) in [7, 11) is 1.60. The predicted molar refractivity (Wildman–Crippen MR) is 66.9 cm³/mol. The van der Waals surface area contributed by atoms with E-state index in [9.17, 15) is 4.79 Å². The average Bonchev–Trinajstić information content (AvgIpc) is 2.37. The second-order valence-corrected chi connectivity index (χ2v) is 3.42. The van der Waals surface area contributed by atoms with Crippen molar-refractivity contribution in [2.75, 3.05) is 33.4 Å². The monoisotopic (exact) mass is 254 g/mol. The van der Waals surface area contributed by atoms with Crippen LogP contribution in [0.15, 0.2) is 24.3 Å². The van der Waals surface area contributed by atoms with Gasteiger partial charge in [-0.05, 0) is 12.1 Å². The van der Waals surface area contributed by atoms with Crippen molar-refractivity contribution in [1.29, 1.82) is 0 Å². The van der Waals surface area contributed by atoms with Crippen LogP contribution < -0.4 is 20.5 Å². The second kappa shape index (κ2) is 8.19. The summed E-state index contributed by atoms with van der Waals surface area (Å²) in [5, 5.41) is 3.05. The third-order valence-corrected chi connectivity index (χ3v) is 2.13. The van der Waals surface area contributed by atoms with Crippen LogP contribution in [0.4, 0.5) is 4.79 Å². The highest BCUT2D eigenvalue weighted by Crippen LogP contribution is 2.25. The van der Waals surface area contributed by atoms with Crippen molar-refractivity contribution < 1.29 is 19.0 Å². The molecule has 0 spiro atoms. The molecule has 0 unspecified atom stereocenters. The van der Waals surface area contributed by atoms with E-state index in [1.807, 2.05) is 24.3 Å². The number of para-hydroxylation sites is 2. The fourth-order valence-corrected chi connectivity index (χ4v) is 1.32. The summed E-state index contributed by atoms with van der Waals surface area (Å²) >= 11 is 0. The molecule has 0 saturated heterocycles. The number of methoxy groups -OCH3 is 1. The molecule has 0 heterocycles. The van der Waals surface area contributed by atoms with E-state index in [-0.39, 0.29) is 6.61 Å². The lowest BCUT2D eigenvalue weighted by Gasteiger charge is -2.10. The molecule has 0 radical (unpaired) electrons. The molecular formula is C12H18N2O4. The zero-order chi connectivity index (χ0) is 13.2. The van der Waals surface area contributed by atoms with E-state index in [4.69, 9.17) is 15.2 Å². The topological polar surface area (TPSA) is 82.8 Å². The third-order valence-electron chi connectivity index (χ3n) is 2.13. The van der Waals surface area contributed by atoms with Crippen LogP contribution in [0.5, 0.6) is 11.5 Å². The first kappa shape index (κ1) is 14.1. The summed E-state index contributed by atoms with van der Waals surface area (Å²) in [6.07, 6.45) is -0.762. The number of carbonyl (C=O) groups excluding carboxylic acids is 1. The minimum atomic E-state index is -0.762. The Bertz CT molecular complexity index is 371. The molecule has 3 N–H and O–H groups in total. The number of nitrogens with two attached hydrogens (primary N) is 1. The van der Waals surface area contributed by atoms with Crippen molar-refractivity contribution in [3.8, 4) is 11.5 Å². The van der Waals surface area contributed by atoms with Crippen LogP contribution in [-0.4, -0.2) is 39.5 Å². The van der Waals surface area contributed by atoms with Gasteiger partial charge in [0.1, 0.15) is 13.2 Å². The summed E-state index contributed by atoms with van der Waals surface area (Å²) in [6.45, 7) is 1.93. The zero-order valence-electron chi connectivity index (χ0n) is 10.3. The highest BCUT2D eigenvalue weighted by atomic mass is 16.5. The van der Waals surface area contributed by atoms with Crippen molar-refractivity contribution in [3.63, 3.8) is 0 Å². The first-order valence-corrected chi connectivity index (χ1v) is 5.63. The molecule has 0 aromatic heterocycles. The van der Waals surface area contributed by atoms with Gasteiger partial charge in [0.2, 0.25) is 0 Å². The van der Waals surface area contributed by atoms with Crippen LogP contribution in [0, 0.1) is 0 Å². The smallest absolute Gasteiger partial charge is 0.404 e. The number of benzene rings is 1. The van der Waals surface area contributed by atoms with Gasteiger partial charge in [-0.2, -0.15) is 0 Å². The summed E-state index contributed by atoms with van der Waals surface area (Å²) < 4.78 is 15.2. The SMILES string of the molecule is COc1ccccc1OCCNCCOC(N)=O. The van der Waals surface area contributed by atoms with E-state index in [1.165, 1.54) is 0 Å². The molecule has 1 rings (SSSR count). The molecular weight excluding hydrogens is 236 g/mol. The standard InChI is InChI=1S/C12H18N2O4/c1-16-10-4-2-3-5-11(10)17-8-6-14-7-9-18-12(13)15/h2-5,14H,6-9H2,1H3,(H2,13,15). The number of amides is 1.